The third-order valence-electron chi connectivity index (χ3n) is 3.45. The highest BCUT2D eigenvalue weighted by atomic mass is 19.1. The zero-order chi connectivity index (χ0) is 10.8. The van der Waals surface area contributed by atoms with Crippen molar-refractivity contribution in [1.29, 1.82) is 0 Å². The molecule has 0 N–H and O–H groups in total. The molecule has 0 nitrogen and oxygen atoms in total. The predicted octanol–water partition coefficient (Wildman–Crippen LogP) is 4.37. The molecule has 78 valence electrons. The fourth-order valence-electron chi connectivity index (χ4n) is 1.51. The minimum absolute atomic E-state index is 0.157. The van der Waals surface area contributed by atoms with E-state index in [0.29, 0.717) is 5.92 Å². The van der Waals surface area contributed by atoms with Gasteiger partial charge >= 0.3 is 0 Å². The molecule has 14 heavy (non-hydrogen) atoms. The summed E-state index contributed by atoms with van der Waals surface area (Å²) in [5.41, 5.74) is 1.50. The molecule has 1 aromatic rings. The largest absolute Gasteiger partial charge is 0.207 e. The molecule has 0 saturated heterocycles. The maximum Gasteiger partial charge on any atom is 0.123 e. The van der Waals surface area contributed by atoms with Crippen LogP contribution in [0.2, 0.25) is 0 Å². The van der Waals surface area contributed by atoms with E-state index in [4.69, 9.17) is 0 Å². The summed E-state index contributed by atoms with van der Waals surface area (Å²) in [4.78, 5) is 0. The highest BCUT2D eigenvalue weighted by molar-refractivity contribution is 5.21. The van der Waals surface area contributed by atoms with Crippen LogP contribution in [0.5, 0.6) is 0 Å². The Bertz CT molecular complexity index is 285. The van der Waals surface area contributed by atoms with Crippen molar-refractivity contribution in [3.8, 4) is 0 Å². The molecular formula is C13H19F. The number of rotatable bonds is 3. The first-order valence-corrected chi connectivity index (χ1v) is 5.23. The summed E-state index contributed by atoms with van der Waals surface area (Å²) in [6.07, 6.45) is 1.13. The molecule has 1 rings (SSSR count). The molecular weight excluding hydrogens is 175 g/mol. The van der Waals surface area contributed by atoms with E-state index in [1.165, 1.54) is 17.7 Å². The van der Waals surface area contributed by atoms with Crippen molar-refractivity contribution in [2.75, 3.05) is 0 Å². The zero-order valence-electron chi connectivity index (χ0n) is 9.47. The Kier molecular flexibility index (Phi) is 3.30. The molecule has 1 atom stereocenters. The van der Waals surface area contributed by atoms with Crippen LogP contribution in [0.25, 0.3) is 0 Å². The maximum atomic E-state index is 12.7. The lowest BCUT2D eigenvalue weighted by molar-refractivity contribution is 0.289. The summed E-state index contributed by atoms with van der Waals surface area (Å²) < 4.78 is 12.7. The van der Waals surface area contributed by atoms with Crippen LogP contribution in [0.3, 0.4) is 0 Å². The first-order chi connectivity index (χ1) is 6.47. The number of hydrogen-bond donors (Lipinski definition) is 0. The average Bonchev–Trinajstić information content (AvgIpc) is 2.18. The lowest BCUT2D eigenvalue weighted by atomic mass is 9.74. The SMILES string of the molecule is CCC(C)(C)C(C)c1ccc(F)cc1. The second-order valence-corrected chi connectivity index (χ2v) is 4.62. The fraction of sp³-hybridized carbons (Fsp3) is 0.538. The van der Waals surface area contributed by atoms with Gasteiger partial charge in [0, 0.05) is 0 Å². The van der Waals surface area contributed by atoms with Gasteiger partial charge in [-0.25, -0.2) is 4.39 Å². The topological polar surface area (TPSA) is 0 Å². The molecule has 0 radical (unpaired) electrons. The minimum Gasteiger partial charge on any atom is -0.207 e. The standard InChI is InChI=1S/C13H19F/c1-5-13(3,4)10(2)11-6-8-12(14)9-7-11/h6-10H,5H2,1-4H3. The van der Waals surface area contributed by atoms with Gasteiger partial charge in [-0.3, -0.25) is 0 Å². The summed E-state index contributed by atoms with van der Waals surface area (Å²) in [5, 5.41) is 0. The fourth-order valence-corrected chi connectivity index (χ4v) is 1.51. The van der Waals surface area contributed by atoms with E-state index in [2.05, 4.69) is 27.7 Å². The van der Waals surface area contributed by atoms with Gasteiger partial charge in [0.2, 0.25) is 0 Å². The Labute approximate surface area is 86.2 Å². The molecule has 1 heteroatoms. The second kappa shape index (κ2) is 4.12. The van der Waals surface area contributed by atoms with Crippen molar-refractivity contribution < 1.29 is 4.39 Å². The number of halogens is 1. The lowest BCUT2D eigenvalue weighted by Gasteiger charge is -2.31. The number of benzene rings is 1. The average molecular weight is 194 g/mol. The van der Waals surface area contributed by atoms with Crippen LogP contribution < -0.4 is 0 Å². The molecule has 1 aromatic carbocycles. The molecule has 0 heterocycles. The molecule has 0 spiro atoms. The Hall–Kier alpha value is -0.850. The van der Waals surface area contributed by atoms with Crippen LogP contribution in [-0.4, -0.2) is 0 Å². The maximum absolute atomic E-state index is 12.7. The Balaban J connectivity index is 2.89. The lowest BCUT2D eigenvalue weighted by Crippen LogP contribution is -2.18. The molecule has 0 aliphatic carbocycles. The zero-order valence-corrected chi connectivity index (χ0v) is 9.47. The summed E-state index contributed by atoms with van der Waals surface area (Å²) in [5.74, 6) is 0.309. The van der Waals surface area contributed by atoms with Crippen molar-refractivity contribution in [2.45, 2.75) is 40.0 Å². The molecule has 0 amide bonds. The quantitative estimate of drug-likeness (QED) is 0.670. The van der Waals surface area contributed by atoms with Gasteiger partial charge in [0.25, 0.3) is 0 Å². The molecule has 0 aromatic heterocycles. The Morgan fingerprint density at radius 3 is 2.14 bits per heavy atom. The molecule has 0 fully saturated rings. The monoisotopic (exact) mass is 194 g/mol. The summed E-state index contributed by atoms with van der Waals surface area (Å²) >= 11 is 0. The van der Waals surface area contributed by atoms with E-state index < -0.39 is 0 Å². The van der Waals surface area contributed by atoms with Gasteiger partial charge in [0.1, 0.15) is 5.82 Å². The molecule has 0 saturated carbocycles. The molecule has 1 unspecified atom stereocenters. The van der Waals surface area contributed by atoms with Gasteiger partial charge in [-0.2, -0.15) is 0 Å². The van der Waals surface area contributed by atoms with E-state index in [-0.39, 0.29) is 11.2 Å². The smallest absolute Gasteiger partial charge is 0.123 e. The van der Waals surface area contributed by atoms with Crippen molar-refractivity contribution in [1.82, 2.24) is 0 Å². The van der Waals surface area contributed by atoms with Gasteiger partial charge in [0.05, 0.1) is 0 Å². The first kappa shape index (κ1) is 11.2. The van der Waals surface area contributed by atoms with E-state index in [1.54, 1.807) is 0 Å². The summed E-state index contributed by atoms with van der Waals surface area (Å²) in [6, 6.07) is 6.85. The van der Waals surface area contributed by atoms with Crippen LogP contribution in [-0.2, 0) is 0 Å². The molecule has 0 aliphatic heterocycles. The second-order valence-electron chi connectivity index (χ2n) is 4.62. The Morgan fingerprint density at radius 2 is 1.71 bits per heavy atom. The van der Waals surface area contributed by atoms with E-state index in [1.807, 2.05) is 12.1 Å². The van der Waals surface area contributed by atoms with Gasteiger partial charge in [0.15, 0.2) is 0 Å². The summed E-state index contributed by atoms with van der Waals surface area (Å²) in [7, 11) is 0. The van der Waals surface area contributed by atoms with Crippen LogP contribution in [0.15, 0.2) is 24.3 Å². The Morgan fingerprint density at radius 1 is 1.21 bits per heavy atom. The van der Waals surface area contributed by atoms with Gasteiger partial charge < -0.3 is 0 Å². The van der Waals surface area contributed by atoms with Crippen molar-refractivity contribution >= 4 is 0 Å². The highest BCUT2D eigenvalue weighted by Gasteiger charge is 2.24. The first-order valence-electron chi connectivity index (χ1n) is 5.23. The van der Waals surface area contributed by atoms with Crippen LogP contribution in [0.1, 0.15) is 45.6 Å². The van der Waals surface area contributed by atoms with Gasteiger partial charge in [-0.05, 0) is 29.0 Å². The van der Waals surface area contributed by atoms with Crippen LogP contribution in [0.4, 0.5) is 4.39 Å². The van der Waals surface area contributed by atoms with E-state index >= 15 is 0 Å². The van der Waals surface area contributed by atoms with Gasteiger partial charge in [-0.1, -0.05) is 46.2 Å². The van der Waals surface area contributed by atoms with Crippen LogP contribution >= 0.6 is 0 Å². The van der Waals surface area contributed by atoms with Crippen molar-refractivity contribution in [2.24, 2.45) is 5.41 Å². The van der Waals surface area contributed by atoms with Crippen molar-refractivity contribution in [3.05, 3.63) is 35.6 Å². The molecule has 0 aliphatic rings. The van der Waals surface area contributed by atoms with E-state index in [0.717, 1.165) is 6.42 Å². The van der Waals surface area contributed by atoms with Crippen molar-refractivity contribution in [3.63, 3.8) is 0 Å². The third-order valence-corrected chi connectivity index (χ3v) is 3.45. The minimum atomic E-state index is -0.157. The van der Waals surface area contributed by atoms with Gasteiger partial charge in [-0.15, -0.1) is 0 Å². The predicted molar refractivity (Wildman–Crippen MR) is 58.9 cm³/mol. The van der Waals surface area contributed by atoms with Crippen LogP contribution in [0, 0.1) is 11.2 Å². The van der Waals surface area contributed by atoms with E-state index in [9.17, 15) is 4.39 Å². The summed E-state index contributed by atoms with van der Waals surface area (Å²) in [6.45, 7) is 8.90. The third kappa shape index (κ3) is 2.34. The number of hydrogen-bond acceptors (Lipinski definition) is 0. The molecule has 0 bridgehead atoms. The normalized spacial score (nSPS) is 14.1. The highest BCUT2D eigenvalue weighted by Crippen LogP contribution is 2.37.